The first-order valence-corrected chi connectivity index (χ1v) is 12.7. The predicted molar refractivity (Wildman–Crippen MR) is 150 cm³/mol. The second-order valence-electron chi connectivity index (χ2n) is 9.70. The van der Waals surface area contributed by atoms with Crippen molar-refractivity contribution in [1.82, 2.24) is 35.0 Å². The van der Waals surface area contributed by atoms with Crippen LogP contribution in [0.1, 0.15) is 19.8 Å². The highest BCUT2D eigenvalue weighted by molar-refractivity contribution is 5.97. The zero-order valence-corrected chi connectivity index (χ0v) is 21.3. The SMILES string of the molecule is C=C(CCC)Nc1cncc(-c2ccc3[nH]nc(-c4nc5c(N6CCN(C)CC6)cncc5[nH]4)c3c2)c1. The summed E-state index contributed by atoms with van der Waals surface area (Å²) in [5.74, 6) is 0.728. The Kier molecular flexibility index (Phi) is 6.05. The number of nitrogens with one attached hydrogen (secondary N) is 3. The van der Waals surface area contributed by atoms with Crippen molar-refractivity contribution in [2.45, 2.75) is 19.8 Å². The van der Waals surface area contributed by atoms with Gasteiger partial charge in [0.1, 0.15) is 11.2 Å². The fourth-order valence-corrected chi connectivity index (χ4v) is 4.92. The molecule has 0 atom stereocenters. The quantitative estimate of drug-likeness (QED) is 0.292. The number of piperazine rings is 1. The van der Waals surface area contributed by atoms with Crippen molar-refractivity contribution in [3.8, 4) is 22.6 Å². The van der Waals surface area contributed by atoms with Crippen LogP contribution in [0.4, 0.5) is 11.4 Å². The maximum Gasteiger partial charge on any atom is 0.159 e. The second-order valence-corrected chi connectivity index (χ2v) is 9.70. The summed E-state index contributed by atoms with van der Waals surface area (Å²) in [7, 11) is 2.16. The molecule has 9 heteroatoms. The van der Waals surface area contributed by atoms with Crippen LogP contribution >= 0.6 is 0 Å². The van der Waals surface area contributed by atoms with E-state index in [-0.39, 0.29) is 0 Å². The highest BCUT2D eigenvalue weighted by Crippen LogP contribution is 2.33. The molecule has 0 bridgehead atoms. The first kappa shape index (κ1) is 23.2. The van der Waals surface area contributed by atoms with E-state index in [9.17, 15) is 0 Å². The third kappa shape index (κ3) is 4.53. The highest BCUT2D eigenvalue weighted by Gasteiger charge is 2.20. The molecular weight excluding hydrogens is 462 g/mol. The lowest BCUT2D eigenvalue weighted by Gasteiger charge is -2.33. The molecule has 0 saturated carbocycles. The van der Waals surface area contributed by atoms with Gasteiger partial charge in [0, 0.05) is 49.0 Å². The van der Waals surface area contributed by atoms with Crippen LogP contribution in [0.3, 0.4) is 0 Å². The molecule has 5 aromatic rings. The molecule has 3 N–H and O–H groups in total. The first-order chi connectivity index (χ1) is 18.1. The molecule has 188 valence electrons. The number of H-pyrrole nitrogens is 2. The average Bonchev–Trinajstić information content (AvgIpc) is 3.53. The smallest absolute Gasteiger partial charge is 0.159 e. The number of benzene rings is 1. The number of fused-ring (bicyclic) bond motifs is 2. The van der Waals surface area contributed by atoms with Crippen LogP contribution in [0.2, 0.25) is 0 Å². The molecule has 0 amide bonds. The molecule has 1 aliphatic rings. The summed E-state index contributed by atoms with van der Waals surface area (Å²) in [4.78, 5) is 22.1. The molecule has 37 heavy (non-hydrogen) atoms. The van der Waals surface area contributed by atoms with Crippen LogP contribution < -0.4 is 10.2 Å². The summed E-state index contributed by atoms with van der Waals surface area (Å²) in [6, 6.07) is 8.38. The Morgan fingerprint density at radius 3 is 2.68 bits per heavy atom. The molecule has 1 fully saturated rings. The summed E-state index contributed by atoms with van der Waals surface area (Å²) in [6.07, 6.45) is 9.44. The van der Waals surface area contributed by atoms with Crippen LogP contribution in [0.15, 0.2) is 61.3 Å². The van der Waals surface area contributed by atoms with E-state index in [1.165, 1.54) is 0 Å². The number of pyridine rings is 2. The number of nitrogens with zero attached hydrogens (tertiary/aromatic N) is 6. The zero-order chi connectivity index (χ0) is 25.4. The van der Waals surface area contributed by atoms with Gasteiger partial charge in [-0.1, -0.05) is 26.0 Å². The standard InChI is InChI=1S/C28H31N9/c1-4-5-18(2)31-21-12-20(14-29-15-21)19-6-7-23-22(13-19)26(35-34-23)28-32-24-16-30-17-25(27(24)33-28)37-10-8-36(3)9-11-37/h6-7,12-17,31H,2,4-5,8-11H2,1,3H3,(H,32,33)(H,34,35). The third-order valence-electron chi connectivity index (χ3n) is 6.95. The summed E-state index contributed by atoms with van der Waals surface area (Å²) in [5, 5.41) is 12.2. The topological polar surface area (TPSA) is 102 Å². The zero-order valence-electron chi connectivity index (χ0n) is 21.3. The molecular formula is C28H31N9. The Labute approximate surface area is 215 Å². The van der Waals surface area contributed by atoms with Crippen molar-refractivity contribution in [3.63, 3.8) is 0 Å². The lowest BCUT2D eigenvalue weighted by atomic mass is 10.0. The number of imidazole rings is 1. The van der Waals surface area contributed by atoms with E-state index in [1.807, 2.05) is 24.8 Å². The average molecular weight is 494 g/mol. The number of hydrogen-bond donors (Lipinski definition) is 3. The van der Waals surface area contributed by atoms with Gasteiger partial charge < -0.3 is 20.1 Å². The number of aromatic nitrogens is 6. The molecule has 1 saturated heterocycles. The summed E-state index contributed by atoms with van der Waals surface area (Å²) < 4.78 is 0. The number of rotatable bonds is 7. The van der Waals surface area contributed by atoms with E-state index in [0.717, 1.165) is 101 Å². The van der Waals surface area contributed by atoms with E-state index in [0.29, 0.717) is 0 Å². The van der Waals surface area contributed by atoms with E-state index < -0.39 is 0 Å². The molecule has 0 aliphatic carbocycles. The van der Waals surface area contributed by atoms with Crippen molar-refractivity contribution in [3.05, 3.63) is 61.3 Å². The normalized spacial score (nSPS) is 14.5. The van der Waals surface area contributed by atoms with Crippen molar-refractivity contribution < 1.29 is 0 Å². The minimum absolute atomic E-state index is 0.728. The summed E-state index contributed by atoms with van der Waals surface area (Å²) in [5.41, 5.74) is 8.65. The van der Waals surface area contributed by atoms with Gasteiger partial charge in [-0.05, 0) is 37.2 Å². The van der Waals surface area contributed by atoms with Crippen molar-refractivity contribution in [1.29, 1.82) is 0 Å². The van der Waals surface area contributed by atoms with Crippen LogP contribution in [-0.2, 0) is 0 Å². The summed E-state index contributed by atoms with van der Waals surface area (Å²) in [6.45, 7) is 10.2. The minimum atomic E-state index is 0.728. The maximum atomic E-state index is 5.00. The lowest BCUT2D eigenvalue weighted by molar-refractivity contribution is 0.313. The summed E-state index contributed by atoms with van der Waals surface area (Å²) >= 11 is 0. The Morgan fingerprint density at radius 2 is 1.84 bits per heavy atom. The van der Waals surface area contributed by atoms with Crippen LogP contribution in [0.5, 0.6) is 0 Å². The molecule has 0 radical (unpaired) electrons. The number of anilines is 2. The van der Waals surface area contributed by atoms with E-state index in [4.69, 9.17) is 4.98 Å². The molecule has 1 aromatic carbocycles. The number of likely N-dealkylation sites (N-methyl/N-ethyl adjacent to an activating group) is 1. The molecule has 0 spiro atoms. The molecule has 1 aliphatic heterocycles. The van der Waals surface area contributed by atoms with Gasteiger partial charge in [0.2, 0.25) is 0 Å². The van der Waals surface area contributed by atoms with Gasteiger partial charge in [-0.3, -0.25) is 15.1 Å². The van der Waals surface area contributed by atoms with Gasteiger partial charge in [0.05, 0.1) is 41.0 Å². The molecule has 5 heterocycles. The Hall–Kier alpha value is -4.24. The second kappa shape index (κ2) is 9.67. The van der Waals surface area contributed by atoms with E-state index in [1.54, 1.807) is 0 Å². The first-order valence-electron chi connectivity index (χ1n) is 12.7. The van der Waals surface area contributed by atoms with E-state index in [2.05, 4.69) is 85.1 Å². The van der Waals surface area contributed by atoms with Gasteiger partial charge in [-0.25, -0.2) is 4.98 Å². The predicted octanol–water partition coefficient (Wildman–Crippen LogP) is 5.04. The van der Waals surface area contributed by atoms with Crippen LogP contribution in [0, 0.1) is 0 Å². The Morgan fingerprint density at radius 1 is 1.00 bits per heavy atom. The number of hydrogen-bond acceptors (Lipinski definition) is 7. The van der Waals surface area contributed by atoms with Crippen LogP contribution in [0.25, 0.3) is 44.6 Å². The molecule has 9 nitrogen and oxygen atoms in total. The van der Waals surface area contributed by atoms with Crippen molar-refractivity contribution >= 4 is 33.3 Å². The molecule has 4 aromatic heterocycles. The Bertz CT molecular complexity index is 1570. The number of aromatic amines is 2. The largest absolute Gasteiger partial charge is 0.366 e. The van der Waals surface area contributed by atoms with Gasteiger partial charge in [-0.15, -0.1) is 0 Å². The van der Waals surface area contributed by atoms with Crippen molar-refractivity contribution in [2.24, 2.45) is 0 Å². The van der Waals surface area contributed by atoms with Crippen LogP contribution in [-0.4, -0.2) is 68.3 Å². The highest BCUT2D eigenvalue weighted by atomic mass is 15.3. The maximum absolute atomic E-state index is 5.00. The molecule has 6 rings (SSSR count). The van der Waals surface area contributed by atoms with Gasteiger partial charge >= 0.3 is 0 Å². The fraction of sp³-hybridized carbons (Fsp3) is 0.286. The Balaban J connectivity index is 1.35. The van der Waals surface area contributed by atoms with Gasteiger partial charge in [-0.2, -0.15) is 5.10 Å². The van der Waals surface area contributed by atoms with Gasteiger partial charge in [0.15, 0.2) is 5.82 Å². The van der Waals surface area contributed by atoms with Crippen molar-refractivity contribution in [2.75, 3.05) is 43.4 Å². The fourth-order valence-electron chi connectivity index (χ4n) is 4.92. The number of allylic oxidation sites excluding steroid dienone is 1. The van der Waals surface area contributed by atoms with Gasteiger partial charge in [0.25, 0.3) is 0 Å². The minimum Gasteiger partial charge on any atom is -0.366 e. The molecule has 0 unspecified atom stereocenters. The van der Waals surface area contributed by atoms with E-state index >= 15 is 0 Å². The lowest BCUT2D eigenvalue weighted by Crippen LogP contribution is -2.44. The monoisotopic (exact) mass is 493 g/mol. The third-order valence-corrected chi connectivity index (χ3v) is 6.95.